The molecule has 0 saturated heterocycles. The van der Waals surface area contributed by atoms with Crippen molar-refractivity contribution in [2.24, 2.45) is 5.92 Å². The highest BCUT2D eigenvalue weighted by atomic mass is 127. The third-order valence-electron chi connectivity index (χ3n) is 5.77. The SMILES string of the molecule is COc1cc2nn(C3CCC(CI)CC3)cc2cc1NC(=O)c1cccc(C(F)(F)F)n1. The summed E-state index contributed by atoms with van der Waals surface area (Å²) >= 11 is 2.44. The van der Waals surface area contributed by atoms with Crippen molar-refractivity contribution in [3.63, 3.8) is 0 Å². The summed E-state index contributed by atoms with van der Waals surface area (Å²) in [6.45, 7) is 0. The number of halogens is 4. The summed E-state index contributed by atoms with van der Waals surface area (Å²) in [5.41, 5.74) is -0.374. The summed E-state index contributed by atoms with van der Waals surface area (Å²) in [5.74, 6) is 0.387. The second-order valence-electron chi connectivity index (χ2n) is 7.91. The van der Waals surface area contributed by atoms with Crippen LogP contribution in [0.3, 0.4) is 0 Å². The van der Waals surface area contributed by atoms with Crippen molar-refractivity contribution in [3.05, 3.63) is 47.9 Å². The summed E-state index contributed by atoms with van der Waals surface area (Å²) in [5, 5.41) is 8.13. The van der Waals surface area contributed by atoms with E-state index in [1.165, 1.54) is 30.4 Å². The van der Waals surface area contributed by atoms with Crippen LogP contribution in [0.4, 0.5) is 18.9 Å². The molecule has 1 amide bonds. The molecule has 1 fully saturated rings. The van der Waals surface area contributed by atoms with Gasteiger partial charge in [-0.15, -0.1) is 0 Å². The zero-order chi connectivity index (χ0) is 22.9. The van der Waals surface area contributed by atoms with Crippen LogP contribution in [0.25, 0.3) is 10.9 Å². The predicted octanol–water partition coefficient (Wildman–Crippen LogP) is 5.88. The lowest BCUT2D eigenvalue weighted by molar-refractivity contribution is -0.141. The number of hydrogen-bond donors (Lipinski definition) is 1. The smallest absolute Gasteiger partial charge is 0.433 e. The van der Waals surface area contributed by atoms with Crippen molar-refractivity contribution < 1.29 is 22.7 Å². The molecule has 6 nitrogen and oxygen atoms in total. The number of alkyl halides is 4. The van der Waals surface area contributed by atoms with E-state index in [-0.39, 0.29) is 5.69 Å². The van der Waals surface area contributed by atoms with Gasteiger partial charge in [0.05, 0.1) is 24.4 Å². The largest absolute Gasteiger partial charge is 0.494 e. The molecule has 1 N–H and O–H groups in total. The quantitative estimate of drug-likeness (QED) is 0.314. The van der Waals surface area contributed by atoms with Crippen LogP contribution >= 0.6 is 22.6 Å². The first-order valence-electron chi connectivity index (χ1n) is 10.3. The van der Waals surface area contributed by atoms with Crippen LogP contribution in [-0.4, -0.2) is 32.2 Å². The molecule has 170 valence electrons. The van der Waals surface area contributed by atoms with Crippen LogP contribution in [0.5, 0.6) is 5.75 Å². The number of anilines is 1. The van der Waals surface area contributed by atoms with Crippen molar-refractivity contribution in [1.82, 2.24) is 14.8 Å². The Morgan fingerprint density at radius 1 is 1.25 bits per heavy atom. The molecule has 2 heterocycles. The molecular formula is C22H22F3IN4O2. The number of rotatable bonds is 5. The lowest BCUT2D eigenvalue weighted by Gasteiger charge is -2.27. The van der Waals surface area contributed by atoms with E-state index in [2.05, 4.69) is 32.9 Å². The molecule has 0 atom stereocenters. The average molecular weight is 558 g/mol. The van der Waals surface area contributed by atoms with Crippen molar-refractivity contribution >= 4 is 45.1 Å². The Kier molecular flexibility index (Phi) is 6.59. The van der Waals surface area contributed by atoms with Gasteiger partial charge in [-0.1, -0.05) is 28.7 Å². The van der Waals surface area contributed by atoms with Gasteiger partial charge in [-0.2, -0.15) is 18.3 Å². The predicted molar refractivity (Wildman–Crippen MR) is 123 cm³/mol. The second kappa shape index (κ2) is 9.24. The third-order valence-corrected chi connectivity index (χ3v) is 7.02. The molecule has 1 aromatic carbocycles. The van der Waals surface area contributed by atoms with Crippen LogP contribution in [0.1, 0.15) is 47.9 Å². The van der Waals surface area contributed by atoms with Gasteiger partial charge in [-0.25, -0.2) is 4.98 Å². The number of methoxy groups -OCH3 is 1. The second-order valence-corrected chi connectivity index (χ2v) is 8.79. The van der Waals surface area contributed by atoms with Crippen molar-refractivity contribution in [3.8, 4) is 5.75 Å². The first kappa shape index (κ1) is 22.8. The van der Waals surface area contributed by atoms with E-state index in [1.807, 2.05) is 10.9 Å². The summed E-state index contributed by atoms with van der Waals surface area (Å²) in [6.07, 6.45) is 1.82. The third kappa shape index (κ3) is 4.84. The van der Waals surface area contributed by atoms with Gasteiger partial charge in [0.15, 0.2) is 0 Å². The zero-order valence-corrected chi connectivity index (χ0v) is 19.5. The molecular weight excluding hydrogens is 536 g/mol. The maximum absolute atomic E-state index is 12.9. The topological polar surface area (TPSA) is 69.0 Å². The van der Waals surface area contributed by atoms with Gasteiger partial charge in [0, 0.05) is 22.1 Å². The number of aromatic nitrogens is 3. The number of ether oxygens (including phenoxy) is 1. The molecule has 10 heteroatoms. The number of benzene rings is 1. The van der Waals surface area contributed by atoms with Gasteiger partial charge in [0.2, 0.25) is 0 Å². The Balaban J connectivity index is 1.58. The van der Waals surface area contributed by atoms with E-state index in [1.54, 1.807) is 12.1 Å². The molecule has 0 bridgehead atoms. The molecule has 0 spiro atoms. The zero-order valence-electron chi connectivity index (χ0n) is 17.3. The molecule has 2 aromatic heterocycles. The Labute approximate surface area is 196 Å². The molecule has 0 aliphatic heterocycles. The molecule has 4 rings (SSSR count). The average Bonchev–Trinajstić information content (AvgIpc) is 3.21. The van der Waals surface area contributed by atoms with E-state index in [0.29, 0.717) is 17.5 Å². The Bertz CT molecular complexity index is 1120. The first-order valence-corrected chi connectivity index (χ1v) is 11.8. The number of fused-ring (bicyclic) bond motifs is 1. The summed E-state index contributed by atoms with van der Waals surface area (Å²) < 4.78 is 47.3. The van der Waals surface area contributed by atoms with Gasteiger partial charge in [-0.3, -0.25) is 9.48 Å². The molecule has 1 saturated carbocycles. The molecule has 0 radical (unpaired) electrons. The van der Waals surface area contributed by atoms with Gasteiger partial charge >= 0.3 is 6.18 Å². The van der Waals surface area contributed by atoms with Crippen LogP contribution in [0, 0.1) is 5.92 Å². The molecule has 1 aliphatic carbocycles. The Hall–Kier alpha value is -2.37. The van der Waals surface area contributed by atoms with Crippen LogP contribution in [0.15, 0.2) is 36.5 Å². The van der Waals surface area contributed by atoms with E-state index < -0.39 is 17.8 Å². The van der Waals surface area contributed by atoms with Crippen molar-refractivity contribution in [2.75, 3.05) is 16.9 Å². The van der Waals surface area contributed by atoms with Gasteiger partial charge in [0.1, 0.15) is 17.1 Å². The number of pyridine rings is 1. The standard InChI is InChI=1S/C22H22F3IN4O2/c1-32-19-10-17-14(12-30(29-17)15-7-5-13(11-26)6-8-15)9-18(19)28-21(31)16-3-2-4-20(27-16)22(23,24)25/h2-4,9-10,12-13,15H,5-8,11H2,1H3,(H,28,31). The maximum Gasteiger partial charge on any atom is 0.433 e. The first-order chi connectivity index (χ1) is 15.3. The number of carbonyl (C=O) groups is 1. The van der Waals surface area contributed by atoms with E-state index in [9.17, 15) is 18.0 Å². The molecule has 3 aromatic rings. The fourth-order valence-electron chi connectivity index (χ4n) is 3.99. The van der Waals surface area contributed by atoms with E-state index >= 15 is 0 Å². The number of nitrogens with zero attached hydrogens (tertiary/aromatic N) is 3. The highest BCUT2D eigenvalue weighted by Gasteiger charge is 2.33. The van der Waals surface area contributed by atoms with Gasteiger partial charge in [0.25, 0.3) is 5.91 Å². The van der Waals surface area contributed by atoms with Crippen LogP contribution in [-0.2, 0) is 6.18 Å². The Morgan fingerprint density at radius 2 is 2.00 bits per heavy atom. The van der Waals surface area contributed by atoms with Gasteiger partial charge in [-0.05, 0) is 49.8 Å². The number of nitrogens with one attached hydrogen (secondary N) is 1. The maximum atomic E-state index is 12.9. The van der Waals surface area contributed by atoms with Crippen LogP contribution in [0.2, 0.25) is 0 Å². The summed E-state index contributed by atoms with van der Waals surface area (Å²) in [6, 6.07) is 6.99. The number of hydrogen-bond acceptors (Lipinski definition) is 4. The monoisotopic (exact) mass is 558 g/mol. The normalized spacial score (nSPS) is 19.2. The molecule has 32 heavy (non-hydrogen) atoms. The minimum Gasteiger partial charge on any atom is -0.494 e. The lowest BCUT2D eigenvalue weighted by atomic mass is 9.87. The minimum atomic E-state index is -4.63. The summed E-state index contributed by atoms with van der Waals surface area (Å²) in [4.78, 5) is 16.0. The fraction of sp³-hybridized carbons (Fsp3) is 0.409. The fourth-order valence-corrected chi connectivity index (χ4v) is 4.88. The molecule has 0 unspecified atom stereocenters. The Morgan fingerprint density at radius 3 is 2.66 bits per heavy atom. The minimum absolute atomic E-state index is 0.329. The van der Waals surface area contributed by atoms with Gasteiger partial charge < -0.3 is 10.1 Å². The number of amides is 1. The van der Waals surface area contributed by atoms with E-state index in [0.717, 1.165) is 41.8 Å². The van der Waals surface area contributed by atoms with E-state index in [4.69, 9.17) is 9.84 Å². The van der Waals surface area contributed by atoms with Crippen LogP contribution < -0.4 is 10.1 Å². The molecule has 1 aliphatic rings. The highest BCUT2D eigenvalue weighted by Crippen LogP contribution is 2.35. The number of carbonyl (C=O) groups excluding carboxylic acids is 1. The van der Waals surface area contributed by atoms with Crippen molar-refractivity contribution in [1.29, 1.82) is 0 Å². The highest BCUT2D eigenvalue weighted by molar-refractivity contribution is 14.1. The lowest BCUT2D eigenvalue weighted by Crippen LogP contribution is -2.19. The van der Waals surface area contributed by atoms with Crippen molar-refractivity contribution in [2.45, 2.75) is 37.9 Å². The summed E-state index contributed by atoms with van der Waals surface area (Å²) in [7, 11) is 1.46.